The van der Waals surface area contributed by atoms with Crippen molar-refractivity contribution in [3.8, 4) is 0 Å². The first kappa shape index (κ1) is 17.4. The maximum atomic E-state index is 5.64. The van der Waals surface area contributed by atoms with E-state index in [1.807, 2.05) is 58.0 Å². The van der Waals surface area contributed by atoms with E-state index in [0.717, 1.165) is 24.7 Å². The smallest absolute Gasteiger partial charge is 0.0717 e. The highest BCUT2D eigenvalue weighted by molar-refractivity contribution is 8.76. The summed E-state index contributed by atoms with van der Waals surface area (Å²) < 4.78 is 11.3. The van der Waals surface area contributed by atoms with E-state index < -0.39 is 0 Å². The van der Waals surface area contributed by atoms with Gasteiger partial charge in [0.2, 0.25) is 0 Å². The first-order valence-electron chi connectivity index (χ1n) is 7.43. The van der Waals surface area contributed by atoms with Gasteiger partial charge in [-0.05, 0) is 11.1 Å². The largest absolute Gasteiger partial charge is 0.376 e. The minimum atomic E-state index is 0.701. The van der Waals surface area contributed by atoms with Crippen molar-refractivity contribution in [1.29, 1.82) is 0 Å². The molecule has 0 amide bonds. The van der Waals surface area contributed by atoms with Crippen molar-refractivity contribution in [2.24, 2.45) is 0 Å². The molecule has 22 heavy (non-hydrogen) atoms. The monoisotopic (exact) mass is 334 g/mol. The van der Waals surface area contributed by atoms with Gasteiger partial charge in [0.1, 0.15) is 0 Å². The molecule has 4 heteroatoms. The molecule has 0 aliphatic rings. The van der Waals surface area contributed by atoms with Crippen LogP contribution >= 0.6 is 21.6 Å². The molecule has 2 nitrogen and oxygen atoms in total. The van der Waals surface area contributed by atoms with Crippen LogP contribution in [0.3, 0.4) is 0 Å². The summed E-state index contributed by atoms with van der Waals surface area (Å²) in [6.45, 7) is 2.98. The van der Waals surface area contributed by atoms with E-state index in [2.05, 4.69) is 24.3 Å². The zero-order valence-electron chi connectivity index (χ0n) is 12.6. The SMILES string of the molecule is c1ccc(COCCSSCCOCc2ccccc2)cc1. The highest BCUT2D eigenvalue weighted by Gasteiger charge is 1.95. The van der Waals surface area contributed by atoms with Crippen LogP contribution in [0, 0.1) is 0 Å². The molecule has 0 saturated carbocycles. The molecule has 0 aliphatic carbocycles. The van der Waals surface area contributed by atoms with Crippen molar-refractivity contribution in [2.75, 3.05) is 24.7 Å². The summed E-state index contributed by atoms with van der Waals surface area (Å²) in [6.07, 6.45) is 0. The third kappa shape index (κ3) is 7.90. The Balaban J connectivity index is 1.37. The van der Waals surface area contributed by atoms with Gasteiger partial charge in [-0.3, -0.25) is 0 Å². The van der Waals surface area contributed by atoms with E-state index >= 15 is 0 Å². The van der Waals surface area contributed by atoms with E-state index in [0.29, 0.717) is 13.2 Å². The summed E-state index contributed by atoms with van der Waals surface area (Å²) in [6, 6.07) is 20.6. The van der Waals surface area contributed by atoms with Crippen LogP contribution in [0.25, 0.3) is 0 Å². The lowest BCUT2D eigenvalue weighted by molar-refractivity contribution is 0.136. The zero-order chi connectivity index (χ0) is 15.3. The van der Waals surface area contributed by atoms with Crippen LogP contribution in [0.5, 0.6) is 0 Å². The Morgan fingerprint density at radius 1 is 0.591 bits per heavy atom. The molecule has 0 heterocycles. The summed E-state index contributed by atoms with van der Waals surface area (Å²) >= 11 is 0. The van der Waals surface area contributed by atoms with Crippen molar-refractivity contribution in [3.63, 3.8) is 0 Å². The predicted octanol–water partition coefficient (Wildman–Crippen LogP) is 4.80. The van der Waals surface area contributed by atoms with Crippen molar-refractivity contribution in [2.45, 2.75) is 13.2 Å². The number of hydrogen-bond donors (Lipinski definition) is 0. The van der Waals surface area contributed by atoms with Crippen molar-refractivity contribution < 1.29 is 9.47 Å². The van der Waals surface area contributed by atoms with Gasteiger partial charge in [-0.15, -0.1) is 0 Å². The second-order valence-corrected chi connectivity index (χ2v) is 7.42. The molecule has 0 aliphatic heterocycles. The molecular weight excluding hydrogens is 312 g/mol. The van der Waals surface area contributed by atoms with E-state index in [4.69, 9.17) is 9.47 Å². The van der Waals surface area contributed by atoms with Gasteiger partial charge in [-0.1, -0.05) is 82.3 Å². The fraction of sp³-hybridized carbons (Fsp3) is 0.333. The second-order valence-electron chi connectivity index (χ2n) is 4.72. The van der Waals surface area contributed by atoms with E-state index in [1.165, 1.54) is 11.1 Å². The minimum Gasteiger partial charge on any atom is -0.376 e. The number of benzene rings is 2. The normalized spacial score (nSPS) is 10.7. The number of ether oxygens (including phenoxy) is 2. The van der Waals surface area contributed by atoms with Gasteiger partial charge < -0.3 is 9.47 Å². The molecule has 0 radical (unpaired) electrons. The van der Waals surface area contributed by atoms with Gasteiger partial charge in [0, 0.05) is 11.5 Å². The topological polar surface area (TPSA) is 18.5 Å². The van der Waals surface area contributed by atoms with Crippen LogP contribution in [0.4, 0.5) is 0 Å². The molecule has 0 saturated heterocycles. The molecule has 0 atom stereocenters. The third-order valence-corrected chi connectivity index (χ3v) is 5.26. The highest BCUT2D eigenvalue weighted by Crippen LogP contribution is 2.20. The van der Waals surface area contributed by atoms with Gasteiger partial charge in [-0.25, -0.2) is 0 Å². The van der Waals surface area contributed by atoms with Crippen LogP contribution in [0.2, 0.25) is 0 Å². The third-order valence-electron chi connectivity index (χ3n) is 2.93. The molecule has 0 spiro atoms. The predicted molar refractivity (Wildman–Crippen MR) is 97.1 cm³/mol. The zero-order valence-corrected chi connectivity index (χ0v) is 14.3. The van der Waals surface area contributed by atoms with Gasteiger partial charge in [0.15, 0.2) is 0 Å². The maximum Gasteiger partial charge on any atom is 0.0717 e. The van der Waals surface area contributed by atoms with Crippen LogP contribution in [0.15, 0.2) is 60.7 Å². The molecule has 118 valence electrons. The van der Waals surface area contributed by atoms with Crippen LogP contribution in [-0.4, -0.2) is 24.7 Å². The average molecular weight is 335 g/mol. The van der Waals surface area contributed by atoms with Crippen molar-refractivity contribution in [3.05, 3.63) is 71.8 Å². The number of rotatable bonds is 11. The first-order valence-corrected chi connectivity index (χ1v) is 9.92. The molecule has 0 bridgehead atoms. The lowest BCUT2D eigenvalue weighted by Crippen LogP contribution is -1.99. The Bertz CT molecular complexity index is 443. The molecule has 2 aromatic carbocycles. The fourth-order valence-electron chi connectivity index (χ4n) is 1.83. The molecule has 0 N–H and O–H groups in total. The Morgan fingerprint density at radius 2 is 1.00 bits per heavy atom. The standard InChI is InChI=1S/C18H22O2S2/c1-3-7-17(8-4-1)15-19-11-13-21-22-14-12-20-16-18-9-5-2-6-10-18/h1-10H,11-16H2. The molecule has 0 aromatic heterocycles. The fourth-order valence-corrected chi connectivity index (χ4v) is 3.56. The summed E-state index contributed by atoms with van der Waals surface area (Å²) in [5.74, 6) is 2.02. The Kier molecular flexibility index (Phi) is 9.19. The first-order chi connectivity index (χ1) is 10.9. The van der Waals surface area contributed by atoms with Crippen molar-refractivity contribution in [1.82, 2.24) is 0 Å². The van der Waals surface area contributed by atoms with Gasteiger partial charge in [-0.2, -0.15) is 0 Å². The molecule has 2 aromatic rings. The van der Waals surface area contributed by atoms with E-state index in [-0.39, 0.29) is 0 Å². The highest BCUT2D eigenvalue weighted by atomic mass is 33.1. The van der Waals surface area contributed by atoms with Crippen molar-refractivity contribution >= 4 is 21.6 Å². The van der Waals surface area contributed by atoms with Gasteiger partial charge >= 0.3 is 0 Å². The summed E-state index contributed by atoms with van der Waals surface area (Å²) in [5.41, 5.74) is 2.46. The minimum absolute atomic E-state index is 0.701. The quantitative estimate of drug-likeness (QED) is 0.434. The molecule has 0 fully saturated rings. The van der Waals surface area contributed by atoms with E-state index in [1.54, 1.807) is 0 Å². The van der Waals surface area contributed by atoms with Crippen LogP contribution in [-0.2, 0) is 22.7 Å². The molecular formula is C18H22O2S2. The Labute approximate surface area is 141 Å². The van der Waals surface area contributed by atoms with Gasteiger partial charge in [0.05, 0.1) is 26.4 Å². The second kappa shape index (κ2) is 11.6. The van der Waals surface area contributed by atoms with Gasteiger partial charge in [0.25, 0.3) is 0 Å². The number of hydrogen-bond acceptors (Lipinski definition) is 4. The van der Waals surface area contributed by atoms with E-state index in [9.17, 15) is 0 Å². The average Bonchev–Trinajstić information content (AvgIpc) is 2.58. The van der Waals surface area contributed by atoms with Crippen LogP contribution < -0.4 is 0 Å². The lowest BCUT2D eigenvalue weighted by atomic mass is 10.2. The lowest BCUT2D eigenvalue weighted by Gasteiger charge is -2.05. The van der Waals surface area contributed by atoms with Crippen LogP contribution in [0.1, 0.15) is 11.1 Å². The summed E-state index contributed by atoms with van der Waals surface area (Å²) in [4.78, 5) is 0. The summed E-state index contributed by atoms with van der Waals surface area (Å²) in [5, 5.41) is 0. The Hall–Kier alpha value is -0.940. The summed E-state index contributed by atoms with van der Waals surface area (Å²) in [7, 11) is 3.69. The molecule has 2 rings (SSSR count). The maximum absolute atomic E-state index is 5.64. The molecule has 0 unspecified atom stereocenters. The Morgan fingerprint density at radius 3 is 1.41 bits per heavy atom.